The SMILES string of the molecule is C/C=C(\C)C(=O)O[C@@H]1[C@@H](OC(=O)c2ccccc2)[C@H]2[C@@H](CC[C@H]3C[C@@H](O[C@H]4C[C@@H](O)[C@H](O[C@@H]5O[C@H](C)[C@@H](O)[C@@H](OC)[C@H]5O)[C@@H](C)O4)CC[C@@]32C)[C@@]2(O)CC[C@H](C(C)=O)[C@@]12C. The summed E-state index contributed by atoms with van der Waals surface area (Å²) >= 11 is 0. The second-order valence-electron chi connectivity index (χ2n) is 19.0. The highest BCUT2D eigenvalue weighted by molar-refractivity contribution is 5.90. The van der Waals surface area contributed by atoms with Crippen LogP contribution in [0.2, 0.25) is 0 Å². The second-order valence-corrected chi connectivity index (χ2v) is 19.0. The molecule has 2 aliphatic heterocycles. The predicted octanol–water partition coefficient (Wildman–Crippen LogP) is 4.42. The topological polar surface area (TPSA) is 197 Å². The summed E-state index contributed by atoms with van der Waals surface area (Å²) in [7, 11) is 1.39. The molecule has 0 bridgehead atoms. The van der Waals surface area contributed by atoms with Crippen molar-refractivity contribution in [1.82, 2.24) is 0 Å². The molecule has 4 N–H and O–H groups in total. The zero-order chi connectivity index (χ0) is 43.5. The fourth-order valence-corrected chi connectivity index (χ4v) is 12.4. The smallest absolute Gasteiger partial charge is 0.338 e. The van der Waals surface area contributed by atoms with Crippen molar-refractivity contribution < 1.29 is 68.0 Å². The number of benzene rings is 1. The van der Waals surface area contributed by atoms with Crippen molar-refractivity contribution in [1.29, 1.82) is 0 Å². The first-order valence-electron chi connectivity index (χ1n) is 21.9. The van der Waals surface area contributed by atoms with Crippen LogP contribution in [0.4, 0.5) is 0 Å². The van der Waals surface area contributed by atoms with Crippen LogP contribution < -0.4 is 0 Å². The van der Waals surface area contributed by atoms with Crippen LogP contribution in [-0.2, 0) is 42.7 Å². The van der Waals surface area contributed by atoms with Gasteiger partial charge in [-0.05, 0) is 109 Å². The van der Waals surface area contributed by atoms with Crippen LogP contribution in [0, 0.1) is 34.5 Å². The van der Waals surface area contributed by atoms with E-state index in [9.17, 15) is 34.8 Å². The largest absolute Gasteiger partial charge is 0.454 e. The number of carbonyl (C=O) groups is 3. The Labute approximate surface area is 353 Å². The number of fused-ring (bicyclic) bond motifs is 5. The van der Waals surface area contributed by atoms with Gasteiger partial charge >= 0.3 is 11.9 Å². The van der Waals surface area contributed by atoms with Gasteiger partial charge < -0.3 is 53.6 Å². The van der Waals surface area contributed by atoms with Crippen molar-refractivity contribution >= 4 is 17.7 Å². The van der Waals surface area contributed by atoms with E-state index in [1.54, 1.807) is 58.0 Å². The van der Waals surface area contributed by atoms with Gasteiger partial charge in [-0.15, -0.1) is 0 Å². The molecule has 1 aromatic rings. The maximum atomic E-state index is 14.1. The number of rotatable bonds is 10. The number of carbonyl (C=O) groups excluding carboxylic acids is 3. The molecule has 0 unspecified atom stereocenters. The summed E-state index contributed by atoms with van der Waals surface area (Å²) in [6.07, 6.45) is -4.72. The summed E-state index contributed by atoms with van der Waals surface area (Å²) in [5, 5.41) is 45.7. The summed E-state index contributed by atoms with van der Waals surface area (Å²) in [4.78, 5) is 41.3. The maximum Gasteiger partial charge on any atom is 0.338 e. The van der Waals surface area contributed by atoms with Gasteiger partial charge in [-0.1, -0.05) is 38.1 Å². The molecule has 4 saturated carbocycles. The van der Waals surface area contributed by atoms with Crippen molar-refractivity contribution in [2.75, 3.05) is 7.11 Å². The number of methoxy groups -OCH3 is 1. The van der Waals surface area contributed by atoms with Gasteiger partial charge in [0.25, 0.3) is 0 Å². The van der Waals surface area contributed by atoms with Crippen molar-refractivity contribution in [3.63, 3.8) is 0 Å². The zero-order valence-electron chi connectivity index (χ0n) is 36.2. The third-order valence-electron chi connectivity index (χ3n) is 15.9. The van der Waals surface area contributed by atoms with Gasteiger partial charge in [0.2, 0.25) is 0 Å². The number of hydrogen-bond donors (Lipinski definition) is 4. The quantitative estimate of drug-likeness (QED) is 0.147. The molecule has 4 aliphatic carbocycles. The summed E-state index contributed by atoms with van der Waals surface area (Å²) in [5.74, 6) is -2.54. The second kappa shape index (κ2) is 17.4. The van der Waals surface area contributed by atoms with E-state index in [0.29, 0.717) is 49.7 Å². The monoisotopic (exact) mass is 842 g/mol. The summed E-state index contributed by atoms with van der Waals surface area (Å²) in [6, 6.07) is 8.70. The van der Waals surface area contributed by atoms with Crippen molar-refractivity contribution in [3.05, 3.63) is 47.5 Å². The summed E-state index contributed by atoms with van der Waals surface area (Å²) in [6.45, 7) is 12.4. The minimum atomic E-state index is -1.37. The molecule has 1 aromatic carbocycles. The van der Waals surface area contributed by atoms with Gasteiger partial charge in [0.1, 0.15) is 42.4 Å². The molecule has 6 fully saturated rings. The molecule has 0 aromatic heterocycles. The molecule has 14 heteroatoms. The fourth-order valence-electron chi connectivity index (χ4n) is 12.4. The highest BCUT2D eigenvalue weighted by Crippen LogP contribution is 2.70. The van der Waals surface area contributed by atoms with E-state index in [-0.39, 0.29) is 30.1 Å². The Kier molecular flexibility index (Phi) is 13.1. The molecule has 7 rings (SSSR count). The minimum Gasteiger partial charge on any atom is -0.454 e. The van der Waals surface area contributed by atoms with Gasteiger partial charge in [-0.3, -0.25) is 4.79 Å². The Morgan fingerprint density at radius 3 is 2.20 bits per heavy atom. The van der Waals surface area contributed by atoms with Crippen molar-refractivity contribution in [2.24, 2.45) is 34.5 Å². The molecule has 2 heterocycles. The van der Waals surface area contributed by atoms with Crippen LogP contribution >= 0.6 is 0 Å². The molecule has 0 spiro atoms. The molecule has 334 valence electrons. The molecule has 6 aliphatic rings. The lowest BCUT2D eigenvalue weighted by molar-refractivity contribution is -0.342. The third-order valence-corrected chi connectivity index (χ3v) is 15.9. The normalized spacial score (nSPS) is 46.7. The van der Waals surface area contributed by atoms with Crippen LogP contribution in [-0.4, -0.2) is 124 Å². The molecule has 0 radical (unpaired) electrons. The van der Waals surface area contributed by atoms with Gasteiger partial charge in [-0.2, -0.15) is 0 Å². The van der Waals surface area contributed by atoms with Gasteiger partial charge in [0.15, 0.2) is 12.6 Å². The minimum absolute atomic E-state index is 0.0695. The third kappa shape index (κ3) is 7.69. The molecule has 19 atom stereocenters. The predicted molar refractivity (Wildman–Crippen MR) is 215 cm³/mol. The lowest BCUT2D eigenvalue weighted by Crippen LogP contribution is -2.73. The lowest BCUT2D eigenvalue weighted by Gasteiger charge is -2.66. The van der Waals surface area contributed by atoms with E-state index in [0.717, 1.165) is 6.42 Å². The van der Waals surface area contributed by atoms with Crippen LogP contribution in [0.1, 0.15) is 110 Å². The molecule has 14 nitrogen and oxygen atoms in total. The molecular formula is C46H66O14. The van der Waals surface area contributed by atoms with E-state index in [1.807, 2.05) is 13.0 Å². The van der Waals surface area contributed by atoms with E-state index in [2.05, 4.69) is 6.92 Å². The first-order chi connectivity index (χ1) is 28.4. The average molecular weight is 843 g/mol. The molecule has 0 amide bonds. The van der Waals surface area contributed by atoms with Crippen LogP contribution in [0.15, 0.2) is 42.0 Å². The van der Waals surface area contributed by atoms with E-state index in [1.165, 1.54) is 14.0 Å². The average Bonchev–Trinajstić information content (AvgIpc) is 3.50. The Morgan fingerprint density at radius 1 is 0.833 bits per heavy atom. The molecular weight excluding hydrogens is 776 g/mol. The number of allylic oxidation sites excluding steroid dienone is 1. The Bertz CT molecular complexity index is 1740. The number of ether oxygens (including phenoxy) is 7. The standard InChI is InChI=1S/C46H66O14/c1-9-23(2)41(51)60-40-38(58-42(52)27-13-11-10-12-14-27)34-31(46(53)20-18-30(24(3)47)45(40,46)7)16-15-28-21-29(17-19-44(28,34)6)57-33-22-32(48)37(26(5)55-33)59-43-36(50)39(54-8)35(49)25(4)56-43/h9-14,25-26,28-40,43,48-50,53H,15-22H2,1-8H3/b23-9+/t25-,26-,28+,29+,30-,31-,32-,33+,34-,35-,36-,37-,38+,39-,40-,43+,44+,45+,46+/m1/s1. The number of hydrogen-bond acceptors (Lipinski definition) is 14. The Balaban J connectivity index is 1.13. The van der Waals surface area contributed by atoms with Crippen molar-refractivity contribution in [2.45, 2.75) is 179 Å². The highest BCUT2D eigenvalue weighted by atomic mass is 16.7. The van der Waals surface area contributed by atoms with Gasteiger partial charge in [0, 0.05) is 36.4 Å². The van der Waals surface area contributed by atoms with E-state index < -0.39 is 108 Å². The number of ketones is 1. The summed E-state index contributed by atoms with van der Waals surface area (Å²) < 4.78 is 43.1. The Morgan fingerprint density at radius 2 is 1.55 bits per heavy atom. The van der Waals surface area contributed by atoms with Crippen LogP contribution in [0.25, 0.3) is 0 Å². The first-order valence-corrected chi connectivity index (χ1v) is 21.9. The molecule has 2 saturated heterocycles. The number of aliphatic hydroxyl groups excluding tert-OH is 3. The Hall–Kier alpha value is -2.79. The summed E-state index contributed by atoms with van der Waals surface area (Å²) in [5.41, 5.74) is -2.36. The molecule has 60 heavy (non-hydrogen) atoms. The fraction of sp³-hybridized carbons (Fsp3) is 0.761. The number of aliphatic hydroxyl groups is 4. The van der Waals surface area contributed by atoms with Gasteiger partial charge in [-0.25, -0.2) is 9.59 Å². The van der Waals surface area contributed by atoms with Crippen LogP contribution in [0.5, 0.6) is 0 Å². The number of Topliss-reactive ketones (excluding diaryl/α,β-unsaturated/α-hetero) is 1. The highest BCUT2D eigenvalue weighted by Gasteiger charge is 2.76. The van der Waals surface area contributed by atoms with E-state index >= 15 is 0 Å². The number of esters is 2. The van der Waals surface area contributed by atoms with Gasteiger partial charge in [0.05, 0.1) is 35.6 Å². The van der Waals surface area contributed by atoms with Crippen molar-refractivity contribution in [3.8, 4) is 0 Å². The van der Waals surface area contributed by atoms with E-state index in [4.69, 9.17) is 33.2 Å². The zero-order valence-corrected chi connectivity index (χ0v) is 36.2. The van der Waals surface area contributed by atoms with Crippen LogP contribution in [0.3, 0.4) is 0 Å². The lowest BCUT2D eigenvalue weighted by atomic mass is 9.41. The maximum absolute atomic E-state index is 14.1. The first kappa shape index (κ1) is 45.2.